The Hall–Kier alpha value is -2.16. The molecule has 1 aliphatic heterocycles. The van der Waals surface area contributed by atoms with Gasteiger partial charge in [-0.3, -0.25) is 9.69 Å². The highest BCUT2D eigenvalue weighted by molar-refractivity contribution is 5.89. The van der Waals surface area contributed by atoms with E-state index in [9.17, 15) is 24.9 Å². The van der Waals surface area contributed by atoms with Gasteiger partial charge in [0.25, 0.3) is 0 Å². The molecule has 1 saturated heterocycles. The summed E-state index contributed by atoms with van der Waals surface area (Å²) in [7, 11) is 6.34. The highest BCUT2D eigenvalue weighted by Gasteiger charge is 2.92. The van der Waals surface area contributed by atoms with Gasteiger partial charge in [0, 0.05) is 82.5 Å². The van der Waals surface area contributed by atoms with E-state index in [0.29, 0.717) is 31.5 Å². The number of unbranched alkanes of at least 4 members (excludes halogenated alkanes) is 2. The second-order valence-corrected chi connectivity index (χ2v) is 15.8. The van der Waals surface area contributed by atoms with Crippen LogP contribution in [0.5, 0.6) is 0 Å². The van der Waals surface area contributed by atoms with E-state index in [-0.39, 0.29) is 31.4 Å². The first-order chi connectivity index (χ1) is 24.0. The minimum absolute atomic E-state index is 0.0851. The van der Waals surface area contributed by atoms with E-state index in [0.717, 1.165) is 12.8 Å². The van der Waals surface area contributed by atoms with Gasteiger partial charge in [-0.25, -0.2) is 4.79 Å². The maximum atomic E-state index is 14.1. The summed E-state index contributed by atoms with van der Waals surface area (Å²) in [6.45, 7) is 5.47. The number of carbonyl (C=O) groups excluding carboxylic acids is 2. The van der Waals surface area contributed by atoms with E-state index in [1.54, 1.807) is 51.7 Å². The molecule has 5 saturated carbocycles. The van der Waals surface area contributed by atoms with E-state index in [1.165, 1.54) is 7.11 Å². The van der Waals surface area contributed by atoms with Gasteiger partial charge in [0.15, 0.2) is 5.60 Å². The van der Waals surface area contributed by atoms with Gasteiger partial charge in [0.05, 0.1) is 30.5 Å². The topological polar surface area (TPSA) is 153 Å². The van der Waals surface area contributed by atoms with Crippen molar-refractivity contribution in [3.8, 4) is 0 Å². The minimum atomic E-state index is -1.84. The van der Waals surface area contributed by atoms with Crippen molar-refractivity contribution in [1.29, 1.82) is 0 Å². The molecule has 1 spiro atoms. The number of piperidine rings is 1. The van der Waals surface area contributed by atoms with Crippen molar-refractivity contribution in [2.75, 3.05) is 48.1 Å². The van der Waals surface area contributed by atoms with Crippen LogP contribution in [0, 0.1) is 34.5 Å². The smallest absolute Gasteiger partial charge is 0.338 e. The van der Waals surface area contributed by atoms with Crippen LogP contribution < -0.4 is 0 Å². The molecule has 6 aliphatic rings. The molecule has 7 rings (SSSR count). The number of fused-ring (bicyclic) bond motifs is 2. The number of methoxy groups -OCH3 is 4. The summed E-state index contributed by atoms with van der Waals surface area (Å²) in [6, 6.07) is 8.25. The Balaban J connectivity index is 1.50. The van der Waals surface area contributed by atoms with Crippen LogP contribution in [-0.2, 0) is 33.2 Å². The van der Waals surface area contributed by atoms with Crippen LogP contribution in [0.3, 0.4) is 0 Å². The Morgan fingerprint density at radius 1 is 0.960 bits per heavy atom. The van der Waals surface area contributed by atoms with E-state index in [2.05, 4.69) is 18.7 Å². The lowest BCUT2D eigenvalue weighted by Gasteiger charge is -2.70. The summed E-state index contributed by atoms with van der Waals surface area (Å²) in [4.78, 5) is 30.4. The third-order valence-electron chi connectivity index (χ3n) is 14.1. The van der Waals surface area contributed by atoms with E-state index < -0.39 is 88.3 Å². The maximum absolute atomic E-state index is 14.1. The molecule has 6 fully saturated rings. The number of hydrogen-bond acceptors (Lipinski definition) is 12. The van der Waals surface area contributed by atoms with Gasteiger partial charge in [0.2, 0.25) is 0 Å². The van der Waals surface area contributed by atoms with Crippen molar-refractivity contribution < 1.29 is 53.3 Å². The summed E-state index contributed by atoms with van der Waals surface area (Å²) in [6.07, 6.45) is -2.98. The summed E-state index contributed by atoms with van der Waals surface area (Å²) < 4.78 is 38.2. The lowest BCUT2D eigenvalue weighted by Crippen LogP contribution is -2.81. The zero-order valence-electron chi connectivity index (χ0n) is 30.2. The second kappa shape index (κ2) is 13.1. The largest absolute Gasteiger partial charge is 0.455 e. The summed E-state index contributed by atoms with van der Waals surface area (Å²) in [5.41, 5.74) is -4.80. The first-order valence-corrected chi connectivity index (χ1v) is 18.4. The van der Waals surface area contributed by atoms with Gasteiger partial charge >= 0.3 is 11.9 Å². The zero-order valence-corrected chi connectivity index (χ0v) is 30.2. The van der Waals surface area contributed by atoms with Crippen molar-refractivity contribution in [2.24, 2.45) is 34.5 Å². The third kappa shape index (κ3) is 4.45. The van der Waals surface area contributed by atoms with E-state index in [4.69, 9.17) is 28.4 Å². The average Bonchev–Trinajstić information content (AvgIpc) is 3.48. The van der Waals surface area contributed by atoms with Crippen molar-refractivity contribution in [2.45, 2.75) is 106 Å². The quantitative estimate of drug-likeness (QED) is 0.204. The van der Waals surface area contributed by atoms with Crippen molar-refractivity contribution in [3.05, 3.63) is 35.9 Å². The number of ether oxygens (including phenoxy) is 6. The lowest BCUT2D eigenvalue weighted by molar-refractivity contribution is -0.323. The number of likely N-dealkylation sites (tertiary alicyclic amines) is 1. The van der Waals surface area contributed by atoms with Crippen LogP contribution >= 0.6 is 0 Å². The fraction of sp³-hybridized carbons (Fsp3) is 0.789. The molecule has 12 nitrogen and oxygen atoms in total. The van der Waals surface area contributed by atoms with Crippen molar-refractivity contribution in [3.63, 3.8) is 0 Å². The van der Waals surface area contributed by atoms with Gasteiger partial charge in [0.1, 0.15) is 23.9 Å². The zero-order chi connectivity index (χ0) is 35.8. The molecule has 0 radical (unpaired) electrons. The number of aliphatic hydroxyl groups excluding tert-OH is 2. The van der Waals surface area contributed by atoms with Gasteiger partial charge < -0.3 is 43.7 Å². The summed E-state index contributed by atoms with van der Waals surface area (Å²) in [5.74, 6) is -3.49. The molecule has 0 amide bonds. The molecule has 12 heteroatoms. The molecule has 278 valence electrons. The van der Waals surface area contributed by atoms with E-state index in [1.807, 2.05) is 0 Å². The van der Waals surface area contributed by atoms with Crippen LogP contribution in [0.4, 0.5) is 0 Å². The molecular formula is C38H55NO11. The molecule has 1 heterocycles. The van der Waals surface area contributed by atoms with Crippen molar-refractivity contribution >= 4 is 11.9 Å². The Kier molecular flexibility index (Phi) is 9.45. The Bertz CT molecular complexity index is 1430. The predicted molar refractivity (Wildman–Crippen MR) is 179 cm³/mol. The molecule has 1 aromatic rings. The first kappa shape index (κ1) is 36.2. The highest BCUT2D eigenvalue weighted by atomic mass is 16.6. The number of nitrogens with zero attached hydrogens (tertiary/aromatic N) is 1. The molecule has 1 unspecified atom stereocenters. The lowest BCUT2D eigenvalue weighted by atomic mass is 9.42. The van der Waals surface area contributed by atoms with Crippen LogP contribution in [0.15, 0.2) is 30.3 Å². The third-order valence-corrected chi connectivity index (χ3v) is 14.1. The van der Waals surface area contributed by atoms with Crippen LogP contribution in [-0.4, -0.2) is 134 Å². The Morgan fingerprint density at radius 3 is 2.32 bits per heavy atom. The van der Waals surface area contributed by atoms with E-state index >= 15 is 0 Å². The molecule has 50 heavy (non-hydrogen) atoms. The molecule has 0 aromatic heterocycles. The number of carbonyl (C=O) groups is 2. The Morgan fingerprint density at radius 2 is 1.70 bits per heavy atom. The Labute approximate surface area is 294 Å². The van der Waals surface area contributed by atoms with Gasteiger partial charge in [-0.2, -0.15) is 0 Å². The predicted octanol–water partition coefficient (Wildman–Crippen LogP) is 2.21. The monoisotopic (exact) mass is 701 g/mol. The number of rotatable bonds is 13. The fourth-order valence-electron chi connectivity index (χ4n) is 12.8. The minimum Gasteiger partial charge on any atom is -0.455 e. The molecule has 15 atom stereocenters. The summed E-state index contributed by atoms with van der Waals surface area (Å²) in [5, 5.41) is 37.8. The van der Waals surface area contributed by atoms with Gasteiger partial charge in [-0.05, 0) is 37.4 Å². The summed E-state index contributed by atoms with van der Waals surface area (Å²) >= 11 is 0. The molecule has 7 bridgehead atoms. The maximum Gasteiger partial charge on any atom is 0.338 e. The van der Waals surface area contributed by atoms with Crippen LogP contribution in [0.1, 0.15) is 62.7 Å². The average molecular weight is 702 g/mol. The number of aliphatic hydroxyl groups is 3. The van der Waals surface area contributed by atoms with Crippen molar-refractivity contribution in [1.82, 2.24) is 4.90 Å². The van der Waals surface area contributed by atoms with Gasteiger partial charge in [-0.15, -0.1) is 0 Å². The molecule has 1 aromatic carbocycles. The SMILES string of the molecule is CCCCCC(=O)O[C@]12[C@H]3[C@@H](OC(=O)c4ccccc4)[C@](O)(C[C@H]3[C@@]34C5[C@@H]1[C@H](OC)[C@@H]3[C@](COC)(CN5CC)[C@H](O)C[C@@H]4OC)[C@@H](OC)[C@@H]2O. The van der Waals surface area contributed by atoms with Gasteiger partial charge in [-0.1, -0.05) is 44.9 Å². The number of hydrogen-bond donors (Lipinski definition) is 3. The highest BCUT2D eigenvalue weighted by Crippen LogP contribution is 2.80. The molecule has 5 aliphatic carbocycles. The van der Waals surface area contributed by atoms with Crippen LogP contribution in [0.25, 0.3) is 0 Å². The number of esters is 2. The standard InChI is InChI=1S/C38H55NO11/c1-7-9-11-16-25(41)50-38-26-22(18-36(44,33(48-6)31(38)42)32(26)49-34(43)21-14-12-10-13-15-21)37-24(46-4)17-23(40)35(20-45-3)19-39(8-2)30(37)27(38)28(47-5)29(35)37/h10,12-15,22-24,26-33,40,42,44H,7-9,11,16-20H2,1-6H3/t22-,23-,24+,26-,27+,28+,29-,30?,31+,32-,33+,35+,36-,37+,38-/m1/s1. The normalized spacial score (nSPS) is 46.9. The first-order valence-electron chi connectivity index (χ1n) is 18.4. The number of benzene rings is 1. The molecule has 3 N–H and O–H groups in total. The second-order valence-electron chi connectivity index (χ2n) is 15.8. The van der Waals surface area contributed by atoms with Crippen LogP contribution in [0.2, 0.25) is 0 Å². The fourth-order valence-corrected chi connectivity index (χ4v) is 12.8. The molecular weight excluding hydrogens is 646 g/mol.